The van der Waals surface area contributed by atoms with Crippen molar-refractivity contribution in [3.63, 3.8) is 0 Å². The number of hydrogen-bond acceptors (Lipinski definition) is 5. The maximum atomic E-state index is 12.9. The molecule has 0 radical (unpaired) electrons. The van der Waals surface area contributed by atoms with Gasteiger partial charge >= 0.3 is 5.69 Å². The summed E-state index contributed by atoms with van der Waals surface area (Å²) in [5.74, 6) is 0.729. The zero-order valence-electron chi connectivity index (χ0n) is 15.3. The number of anilines is 1. The minimum absolute atomic E-state index is 0.320. The molecule has 1 aromatic carbocycles. The van der Waals surface area contributed by atoms with E-state index >= 15 is 0 Å². The standard InChI is InChI=1S/C18H21BrN6O2/c1-22-15-14(16(26)23(2)18(22)27)25(11-12-3-5-13(19)6-4-12)17(21-15)24-9-7-20-8-10-24/h3-6,20H,7-11H2,1-2H3. The van der Waals surface area contributed by atoms with Gasteiger partial charge in [0.1, 0.15) is 0 Å². The molecule has 142 valence electrons. The number of halogens is 1. The summed E-state index contributed by atoms with van der Waals surface area (Å²) in [5.41, 5.74) is 1.25. The van der Waals surface area contributed by atoms with Gasteiger partial charge in [-0.05, 0) is 17.7 Å². The molecule has 3 heterocycles. The Labute approximate surface area is 164 Å². The number of nitrogens with zero attached hydrogens (tertiary/aromatic N) is 5. The molecule has 3 aromatic rings. The van der Waals surface area contributed by atoms with Crippen LogP contribution < -0.4 is 21.5 Å². The van der Waals surface area contributed by atoms with E-state index in [1.54, 1.807) is 7.05 Å². The Kier molecular flexibility index (Phi) is 4.65. The van der Waals surface area contributed by atoms with Crippen LogP contribution in [0.2, 0.25) is 0 Å². The van der Waals surface area contributed by atoms with Gasteiger partial charge in [0.25, 0.3) is 5.56 Å². The predicted molar refractivity (Wildman–Crippen MR) is 109 cm³/mol. The topological polar surface area (TPSA) is 77.1 Å². The van der Waals surface area contributed by atoms with Crippen molar-refractivity contribution in [3.05, 3.63) is 55.1 Å². The average molecular weight is 433 g/mol. The minimum atomic E-state index is -0.368. The fraction of sp³-hybridized carbons (Fsp3) is 0.389. The first-order valence-electron chi connectivity index (χ1n) is 8.83. The van der Waals surface area contributed by atoms with Crippen LogP contribution in [0.5, 0.6) is 0 Å². The Hall–Kier alpha value is -2.39. The lowest BCUT2D eigenvalue weighted by molar-refractivity contribution is 0.571. The highest BCUT2D eigenvalue weighted by Gasteiger charge is 2.23. The van der Waals surface area contributed by atoms with Crippen molar-refractivity contribution < 1.29 is 0 Å². The number of fused-ring (bicyclic) bond motifs is 1. The van der Waals surface area contributed by atoms with Crippen LogP contribution in [-0.4, -0.2) is 44.9 Å². The van der Waals surface area contributed by atoms with Crippen molar-refractivity contribution in [1.82, 2.24) is 24.0 Å². The molecule has 0 saturated carbocycles. The Morgan fingerprint density at radius 2 is 1.74 bits per heavy atom. The Bertz CT molecular complexity index is 1110. The summed E-state index contributed by atoms with van der Waals surface area (Å²) in [6, 6.07) is 7.99. The molecule has 1 N–H and O–H groups in total. The van der Waals surface area contributed by atoms with Crippen LogP contribution >= 0.6 is 15.9 Å². The molecule has 27 heavy (non-hydrogen) atoms. The fourth-order valence-electron chi connectivity index (χ4n) is 3.46. The summed E-state index contributed by atoms with van der Waals surface area (Å²) in [6.45, 7) is 3.84. The zero-order valence-corrected chi connectivity index (χ0v) is 16.9. The molecule has 1 aliphatic heterocycles. The second kappa shape index (κ2) is 6.97. The molecular weight excluding hydrogens is 412 g/mol. The van der Waals surface area contributed by atoms with E-state index in [0.717, 1.165) is 46.7 Å². The summed E-state index contributed by atoms with van der Waals surface area (Å²) in [5, 5.41) is 3.33. The average Bonchev–Trinajstić information content (AvgIpc) is 3.06. The molecule has 1 saturated heterocycles. The zero-order chi connectivity index (χ0) is 19.1. The Morgan fingerprint density at radius 3 is 2.41 bits per heavy atom. The third-order valence-corrected chi connectivity index (χ3v) is 5.51. The highest BCUT2D eigenvalue weighted by atomic mass is 79.9. The number of aromatic nitrogens is 4. The van der Waals surface area contributed by atoms with Gasteiger partial charge in [-0.2, -0.15) is 4.98 Å². The third kappa shape index (κ3) is 3.10. The van der Waals surface area contributed by atoms with Crippen LogP contribution in [0, 0.1) is 0 Å². The first kappa shape index (κ1) is 18.0. The lowest BCUT2D eigenvalue weighted by Crippen LogP contribution is -2.44. The van der Waals surface area contributed by atoms with Crippen LogP contribution in [0.15, 0.2) is 38.3 Å². The van der Waals surface area contributed by atoms with Gasteiger partial charge in [-0.3, -0.25) is 18.5 Å². The largest absolute Gasteiger partial charge is 0.340 e. The van der Waals surface area contributed by atoms with Crippen LogP contribution in [0.25, 0.3) is 11.2 Å². The second-order valence-electron chi connectivity index (χ2n) is 6.74. The van der Waals surface area contributed by atoms with Gasteiger partial charge < -0.3 is 10.2 Å². The third-order valence-electron chi connectivity index (χ3n) is 4.98. The molecular formula is C18H21BrN6O2. The first-order chi connectivity index (χ1) is 13.0. The highest BCUT2D eigenvalue weighted by molar-refractivity contribution is 9.10. The summed E-state index contributed by atoms with van der Waals surface area (Å²) in [4.78, 5) is 32.1. The van der Waals surface area contributed by atoms with E-state index in [1.165, 1.54) is 11.6 Å². The SMILES string of the molecule is Cn1c(=O)c2c(nc(N3CCNCC3)n2Cc2ccc(Br)cc2)n(C)c1=O. The summed E-state index contributed by atoms with van der Waals surface area (Å²) in [7, 11) is 3.16. The molecule has 1 aliphatic rings. The molecule has 1 fully saturated rings. The van der Waals surface area contributed by atoms with Crippen molar-refractivity contribution in [2.24, 2.45) is 14.1 Å². The fourth-order valence-corrected chi connectivity index (χ4v) is 3.73. The number of aryl methyl sites for hydroxylation is 1. The monoisotopic (exact) mass is 432 g/mol. The van der Waals surface area contributed by atoms with E-state index in [2.05, 4.69) is 26.1 Å². The molecule has 2 aromatic heterocycles. The number of benzene rings is 1. The normalized spacial score (nSPS) is 14.9. The summed E-state index contributed by atoms with van der Waals surface area (Å²) < 4.78 is 5.53. The molecule has 0 spiro atoms. The van der Waals surface area contributed by atoms with E-state index in [9.17, 15) is 9.59 Å². The van der Waals surface area contributed by atoms with Gasteiger partial charge in [0.15, 0.2) is 11.2 Å². The lowest BCUT2D eigenvalue weighted by Gasteiger charge is -2.28. The smallest absolute Gasteiger partial charge is 0.332 e. The summed E-state index contributed by atoms with van der Waals surface area (Å²) >= 11 is 3.45. The minimum Gasteiger partial charge on any atom is -0.340 e. The van der Waals surface area contributed by atoms with Crippen molar-refractivity contribution in [1.29, 1.82) is 0 Å². The van der Waals surface area contributed by atoms with Crippen LogP contribution in [0.3, 0.4) is 0 Å². The van der Waals surface area contributed by atoms with Crippen LogP contribution in [-0.2, 0) is 20.6 Å². The van der Waals surface area contributed by atoms with Gasteiger partial charge in [-0.1, -0.05) is 28.1 Å². The second-order valence-corrected chi connectivity index (χ2v) is 7.66. The quantitative estimate of drug-likeness (QED) is 0.657. The molecule has 0 atom stereocenters. The Morgan fingerprint density at radius 1 is 1.07 bits per heavy atom. The van der Waals surface area contributed by atoms with Crippen molar-refractivity contribution >= 4 is 33.0 Å². The molecule has 0 bridgehead atoms. The van der Waals surface area contributed by atoms with E-state index in [4.69, 9.17) is 4.98 Å². The van der Waals surface area contributed by atoms with Crippen LogP contribution in [0.4, 0.5) is 5.95 Å². The number of hydrogen-bond donors (Lipinski definition) is 1. The van der Waals surface area contributed by atoms with Crippen molar-refractivity contribution in [3.8, 4) is 0 Å². The van der Waals surface area contributed by atoms with Gasteiger partial charge in [0.05, 0.1) is 6.54 Å². The molecule has 0 aliphatic carbocycles. The van der Waals surface area contributed by atoms with E-state index in [1.807, 2.05) is 28.8 Å². The maximum Gasteiger partial charge on any atom is 0.332 e. The molecule has 4 rings (SSSR count). The van der Waals surface area contributed by atoms with Crippen molar-refractivity contribution in [2.45, 2.75) is 6.54 Å². The summed E-state index contributed by atoms with van der Waals surface area (Å²) in [6.07, 6.45) is 0. The highest BCUT2D eigenvalue weighted by Crippen LogP contribution is 2.22. The maximum absolute atomic E-state index is 12.9. The number of piperazine rings is 1. The first-order valence-corrected chi connectivity index (χ1v) is 9.63. The molecule has 0 unspecified atom stereocenters. The molecule has 0 amide bonds. The van der Waals surface area contributed by atoms with Crippen LogP contribution in [0.1, 0.15) is 5.56 Å². The van der Waals surface area contributed by atoms with Gasteiger partial charge in [-0.25, -0.2) is 4.79 Å². The van der Waals surface area contributed by atoms with E-state index < -0.39 is 0 Å². The Balaban J connectivity index is 1.95. The van der Waals surface area contributed by atoms with Gasteiger partial charge in [0, 0.05) is 44.7 Å². The van der Waals surface area contributed by atoms with Crippen molar-refractivity contribution in [2.75, 3.05) is 31.1 Å². The van der Waals surface area contributed by atoms with E-state index in [-0.39, 0.29) is 11.2 Å². The number of nitrogens with one attached hydrogen (secondary N) is 1. The molecule has 8 nitrogen and oxygen atoms in total. The van der Waals surface area contributed by atoms with Gasteiger partial charge in [0.2, 0.25) is 5.95 Å². The lowest BCUT2D eigenvalue weighted by atomic mass is 10.2. The van der Waals surface area contributed by atoms with Gasteiger partial charge in [-0.15, -0.1) is 0 Å². The number of imidazole rings is 1. The number of rotatable bonds is 3. The van der Waals surface area contributed by atoms with E-state index in [0.29, 0.717) is 17.7 Å². The predicted octanol–water partition coefficient (Wildman–Crippen LogP) is 0.654. The molecule has 9 heteroatoms.